The number of rotatable bonds is 4. The zero-order chi connectivity index (χ0) is 17.2. The van der Waals surface area contributed by atoms with E-state index in [2.05, 4.69) is 14.5 Å². The second-order valence-electron chi connectivity index (χ2n) is 5.82. The van der Waals surface area contributed by atoms with Crippen molar-refractivity contribution < 1.29 is 9.53 Å². The van der Waals surface area contributed by atoms with Crippen LogP contribution >= 0.6 is 23.1 Å². The van der Waals surface area contributed by atoms with Crippen LogP contribution in [0.15, 0.2) is 30.3 Å². The highest BCUT2D eigenvalue weighted by atomic mass is 35.5. The minimum Gasteiger partial charge on any atom is -0.455 e. The number of carbonyl (C=O) groups is 1. The number of esters is 1. The molecule has 0 atom stereocenters. The summed E-state index contributed by atoms with van der Waals surface area (Å²) in [4.78, 5) is 19.5. The van der Waals surface area contributed by atoms with Gasteiger partial charge in [-0.05, 0) is 25.0 Å². The molecule has 0 bridgehead atoms. The first kappa shape index (κ1) is 16.2. The maximum absolute atomic E-state index is 12.7. The molecule has 1 aliphatic heterocycles. The number of hydrogen-bond donors (Lipinski definition) is 0. The molecule has 0 radical (unpaired) electrons. The summed E-state index contributed by atoms with van der Waals surface area (Å²) in [6.45, 7) is 1.79. The van der Waals surface area contributed by atoms with Crippen LogP contribution in [-0.4, -0.2) is 33.6 Å². The van der Waals surface area contributed by atoms with E-state index >= 15 is 0 Å². The maximum atomic E-state index is 12.7. The number of benzene rings is 1. The van der Waals surface area contributed by atoms with Crippen LogP contribution in [-0.2, 0) is 11.3 Å². The summed E-state index contributed by atoms with van der Waals surface area (Å²) in [5, 5.41) is 4.77. The van der Waals surface area contributed by atoms with Gasteiger partial charge in [-0.15, -0.1) is 5.10 Å². The molecule has 0 amide bonds. The average molecular weight is 375 g/mol. The molecular formula is C17H15ClN4O2S. The van der Waals surface area contributed by atoms with Gasteiger partial charge in [0.1, 0.15) is 28.0 Å². The Balaban J connectivity index is 1.67. The highest BCUT2D eigenvalue weighted by Crippen LogP contribution is 2.27. The van der Waals surface area contributed by atoms with Gasteiger partial charge in [-0.2, -0.15) is 0 Å². The number of ether oxygens (including phenoxy) is 1. The Kier molecular flexibility index (Phi) is 4.50. The predicted molar refractivity (Wildman–Crippen MR) is 97.2 cm³/mol. The van der Waals surface area contributed by atoms with Gasteiger partial charge in [0.2, 0.25) is 0 Å². The fourth-order valence-electron chi connectivity index (χ4n) is 2.92. The zero-order valence-corrected chi connectivity index (χ0v) is 14.9. The number of nitrogens with zero attached hydrogens (tertiary/aromatic N) is 4. The van der Waals surface area contributed by atoms with Crippen LogP contribution in [0.1, 0.15) is 28.9 Å². The first-order valence-electron chi connectivity index (χ1n) is 8.01. The zero-order valence-electron chi connectivity index (χ0n) is 13.3. The molecule has 6 nitrogen and oxygen atoms in total. The monoisotopic (exact) mass is 374 g/mol. The molecule has 3 aromatic rings. The second-order valence-corrected chi connectivity index (χ2v) is 7.17. The van der Waals surface area contributed by atoms with Gasteiger partial charge in [0.15, 0.2) is 0 Å². The van der Waals surface area contributed by atoms with Crippen molar-refractivity contribution in [1.82, 2.24) is 14.6 Å². The number of pyridine rings is 1. The molecule has 8 heteroatoms. The van der Waals surface area contributed by atoms with Gasteiger partial charge in [-0.1, -0.05) is 34.3 Å². The highest BCUT2D eigenvalue weighted by Gasteiger charge is 2.23. The Morgan fingerprint density at radius 1 is 1.28 bits per heavy atom. The van der Waals surface area contributed by atoms with Crippen molar-refractivity contribution in [1.29, 1.82) is 0 Å². The molecule has 4 rings (SSSR count). The first-order valence-corrected chi connectivity index (χ1v) is 9.16. The van der Waals surface area contributed by atoms with E-state index in [1.165, 1.54) is 0 Å². The van der Waals surface area contributed by atoms with E-state index in [0.717, 1.165) is 48.4 Å². The number of anilines is 1. The normalized spacial score (nSPS) is 14.2. The molecule has 0 N–H and O–H groups in total. The van der Waals surface area contributed by atoms with Crippen molar-refractivity contribution in [2.24, 2.45) is 0 Å². The second kappa shape index (κ2) is 6.93. The van der Waals surface area contributed by atoms with Crippen LogP contribution in [0.2, 0.25) is 4.34 Å². The van der Waals surface area contributed by atoms with Crippen molar-refractivity contribution >= 4 is 45.8 Å². The lowest BCUT2D eigenvalue weighted by Crippen LogP contribution is -2.23. The molecule has 2 aromatic heterocycles. The van der Waals surface area contributed by atoms with Gasteiger partial charge in [-0.25, -0.2) is 9.78 Å². The SMILES string of the molecule is O=C(OCc1nnsc1Cl)c1cc2ccccc2nc1N1CCCC1. The Hall–Kier alpha value is -2.25. The van der Waals surface area contributed by atoms with Gasteiger partial charge in [0, 0.05) is 30.0 Å². The van der Waals surface area contributed by atoms with Gasteiger partial charge in [-0.3, -0.25) is 0 Å². The number of hydrogen-bond acceptors (Lipinski definition) is 7. The lowest BCUT2D eigenvalue weighted by atomic mass is 10.1. The van der Waals surface area contributed by atoms with E-state index in [0.29, 0.717) is 21.4 Å². The van der Waals surface area contributed by atoms with E-state index in [4.69, 9.17) is 21.3 Å². The van der Waals surface area contributed by atoms with Gasteiger partial charge < -0.3 is 9.64 Å². The summed E-state index contributed by atoms with van der Waals surface area (Å²) in [7, 11) is 0. The van der Waals surface area contributed by atoms with Crippen LogP contribution in [0.5, 0.6) is 0 Å². The van der Waals surface area contributed by atoms with E-state index in [-0.39, 0.29) is 6.61 Å². The van der Waals surface area contributed by atoms with E-state index in [1.54, 1.807) is 0 Å². The number of halogens is 1. The minimum absolute atomic E-state index is 0.000430. The largest absolute Gasteiger partial charge is 0.455 e. The summed E-state index contributed by atoms with van der Waals surface area (Å²) >= 11 is 7.03. The smallest absolute Gasteiger partial charge is 0.342 e. The summed E-state index contributed by atoms with van der Waals surface area (Å²) < 4.78 is 9.59. The summed E-state index contributed by atoms with van der Waals surface area (Å²) in [5.41, 5.74) is 1.81. The molecule has 0 saturated carbocycles. The first-order chi connectivity index (χ1) is 12.2. The molecular weight excluding hydrogens is 360 g/mol. The molecule has 1 fully saturated rings. The molecule has 128 valence electrons. The van der Waals surface area contributed by atoms with Crippen LogP contribution in [0.25, 0.3) is 10.9 Å². The molecule has 0 aliphatic carbocycles. The summed E-state index contributed by atoms with van der Waals surface area (Å²) in [6, 6.07) is 9.60. The molecule has 1 aromatic carbocycles. The van der Waals surface area contributed by atoms with Crippen molar-refractivity contribution in [3.63, 3.8) is 0 Å². The van der Waals surface area contributed by atoms with Gasteiger partial charge in [0.25, 0.3) is 0 Å². The molecule has 1 saturated heterocycles. The van der Waals surface area contributed by atoms with Gasteiger partial charge in [0.05, 0.1) is 5.52 Å². The Labute approximate surface area is 153 Å². The third-order valence-electron chi connectivity index (χ3n) is 4.18. The lowest BCUT2D eigenvalue weighted by molar-refractivity contribution is 0.0468. The molecule has 3 heterocycles. The average Bonchev–Trinajstić information content (AvgIpc) is 3.30. The Morgan fingerprint density at radius 3 is 2.84 bits per heavy atom. The number of fused-ring (bicyclic) bond motifs is 1. The van der Waals surface area contributed by atoms with E-state index in [1.807, 2.05) is 30.3 Å². The highest BCUT2D eigenvalue weighted by molar-refractivity contribution is 7.10. The van der Waals surface area contributed by atoms with E-state index in [9.17, 15) is 4.79 Å². The van der Waals surface area contributed by atoms with Crippen LogP contribution in [0.3, 0.4) is 0 Å². The quantitative estimate of drug-likeness (QED) is 0.648. The number of carbonyl (C=O) groups excluding carboxylic acids is 1. The van der Waals surface area contributed by atoms with Gasteiger partial charge >= 0.3 is 5.97 Å². The summed E-state index contributed by atoms with van der Waals surface area (Å²) in [6.07, 6.45) is 2.20. The van der Waals surface area contributed by atoms with Crippen LogP contribution in [0.4, 0.5) is 5.82 Å². The van der Waals surface area contributed by atoms with Crippen molar-refractivity contribution in [3.8, 4) is 0 Å². The molecule has 1 aliphatic rings. The Bertz CT molecular complexity index is 924. The lowest BCUT2D eigenvalue weighted by Gasteiger charge is -2.20. The summed E-state index contributed by atoms with van der Waals surface area (Å²) in [5.74, 6) is 0.257. The van der Waals surface area contributed by atoms with Crippen LogP contribution in [0, 0.1) is 0 Å². The Morgan fingerprint density at radius 2 is 2.08 bits per heavy atom. The number of aromatic nitrogens is 3. The molecule has 0 unspecified atom stereocenters. The third kappa shape index (κ3) is 3.29. The molecule has 25 heavy (non-hydrogen) atoms. The number of para-hydroxylation sites is 1. The predicted octanol–water partition coefficient (Wildman–Crippen LogP) is 3.70. The van der Waals surface area contributed by atoms with Crippen molar-refractivity contribution in [2.45, 2.75) is 19.4 Å². The fourth-order valence-corrected chi connectivity index (χ4v) is 3.52. The van der Waals surface area contributed by atoms with Crippen molar-refractivity contribution in [3.05, 3.63) is 45.9 Å². The topological polar surface area (TPSA) is 68.2 Å². The minimum atomic E-state index is -0.427. The fraction of sp³-hybridized carbons (Fsp3) is 0.294. The maximum Gasteiger partial charge on any atom is 0.342 e. The third-order valence-corrected chi connectivity index (χ3v) is 5.16. The van der Waals surface area contributed by atoms with Crippen LogP contribution < -0.4 is 4.90 Å². The molecule has 0 spiro atoms. The van der Waals surface area contributed by atoms with Crippen molar-refractivity contribution in [2.75, 3.05) is 18.0 Å². The van der Waals surface area contributed by atoms with E-state index < -0.39 is 5.97 Å². The standard InChI is InChI=1S/C17H15ClN4O2S/c18-15-14(20-21-25-15)10-24-17(23)12-9-11-5-1-2-6-13(11)19-16(12)22-7-3-4-8-22/h1-2,5-6,9H,3-4,7-8,10H2.